The lowest BCUT2D eigenvalue weighted by molar-refractivity contribution is 0.396. The van der Waals surface area contributed by atoms with Crippen LogP contribution in [0.3, 0.4) is 0 Å². The lowest BCUT2D eigenvalue weighted by Gasteiger charge is -2.06. The maximum atomic E-state index is 5.62. The van der Waals surface area contributed by atoms with Crippen molar-refractivity contribution in [2.75, 3.05) is 14.2 Å². The molecule has 0 radical (unpaired) electrons. The van der Waals surface area contributed by atoms with Gasteiger partial charge >= 0.3 is 0 Å². The van der Waals surface area contributed by atoms with Crippen LogP contribution in [0, 0.1) is 0 Å². The summed E-state index contributed by atoms with van der Waals surface area (Å²) in [5, 5.41) is 3.73. The average Bonchev–Trinajstić information content (AvgIpc) is 2.86. The molecule has 0 fully saturated rings. The van der Waals surface area contributed by atoms with Gasteiger partial charge in [-0.2, -0.15) is 4.98 Å². The lowest BCUT2D eigenvalue weighted by atomic mass is 10.2. The van der Waals surface area contributed by atoms with E-state index < -0.39 is 0 Å². The van der Waals surface area contributed by atoms with E-state index in [4.69, 9.17) is 25.6 Å². The molecular formula is C11H11ClN2O3. The Morgan fingerprint density at radius 1 is 1.29 bits per heavy atom. The monoisotopic (exact) mass is 254 g/mol. The largest absolute Gasteiger partial charge is 0.497 e. The van der Waals surface area contributed by atoms with Crippen LogP contribution in [-0.2, 0) is 5.88 Å². The smallest absolute Gasteiger partial charge is 0.261 e. The van der Waals surface area contributed by atoms with Crippen LogP contribution in [-0.4, -0.2) is 24.4 Å². The predicted octanol–water partition coefficient (Wildman–Crippen LogP) is 2.49. The Balaban J connectivity index is 2.47. The molecule has 1 heterocycles. The zero-order valence-corrected chi connectivity index (χ0v) is 10.2. The molecule has 90 valence electrons. The standard InChI is InChI=1S/C11H11ClN2O3/c1-15-7-3-4-9(16-2)8(5-7)11-13-10(6-12)14-17-11/h3-5H,6H2,1-2H3. The Bertz CT molecular complexity index is 513. The fraction of sp³-hybridized carbons (Fsp3) is 0.273. The minimum atomic E-state index is 0.204. The van der Waals surface area contributed by atoms with Gasteiger partial charge in [-0.05, 0) is 18.2 Å². The van der Waals surface area contributed by atoms with Gasteiger partial charge in [0.15, 0.2) is 5.82 Å². The molecular weight excluding hydrogens is 244 g/mol. The molecule has 1 aromatic heterocycles. The van der Waals surface area contributed by atoms with Crippen LogP contribution >= 0.6 is 11.6 Å². The first-order chi connectivity index (χ1) is 8.28. The van der Waals surface area contributed by atoms with Crippen LogP contribution in [0.2, 0.25) is 0 Å². The first-order valence-corrected chi connectivity index (χ1v) is 5.43. The molecule has 0 saturated heterocycles. The van der Waals surface area contributed by atoms with Crippen molar-refractivity contribution in [1.29, 1.82) is 0 Å². The van der Waals surface area contributed by atoms with E-state index in [1.807, 2.05) is 0 Å². The van der Waals surface area contributed by atoms with Gasteiger partial charge in [0.05, 0.1) is 25.7 Å². The normalized spacial score (nSPS) is 10.3. The van der Waals surface area contributed by atoms with Gasteiger partial charge in [-0.15, -0.1) is 11.6 Å². The number of halogens is 1. The quantitative estimate of drug-likeness (QED) is 0.785. The highest BCUT2D eigenvalue weighted by molar-refractivity contribution is 6.16. The number of benzene rings is 1. The fourth-order valence-corrected chi connectivity index (χ4v) is 1.51. The van der Waals surface area contributed by atoms with E-state index in [9.17, 15) is 0 Å². The van der Waals surface area contributed by atoms with E-state index in [0.717, 1.165) is 0 Å². The Labute approximate surface area is 103 Å². The van der Waals surface area contributed by atoms with E-state index in [1.165, 1.54) is 0 Å². The minimum Gasteiger partial charge on any atom is -0.497 e. The van der Waals surface area contributed by atoms with Gasteiger partial charge in [-0.1, -0.05) is 5.16 Å². The average molecular weight is 255 g/mol. The van der Waals surface area contributed by atoms with E-state index in [2.05, 4.69) is 10.1 Å². The molecule has 17 heavy (non-hydrogen) atoms. The number of hydrogen-bond donors (Lipinski definition) is 0. The number of hydrogen-bond acceptors (Lipinski definition) is 5. The van der Waals surface area contributed by atoms with Gasteiger partial charge in [-0.3, -0.25) is 0 Å². The zero-order valence-electron chi connectivity index (χ0n) is 9.44. The number of methoxy groups -OCH3 is 2. The second kappa shape index (κ2) is 5.05. The molecule has 1 aromatic carbocycles. The Morgan fingerprint density at radius 3 is 2.71 bits per heavy atom. The summed E-state index contributed by atoms with van der Waals surface area (Å²) in [5.41, 5.74) is 0.677. The molecule has 0 bridgehead atoms. The van der Waals surface area contributed by atoms with Crippen LogP contribution in [0.15, 0.2) is 22.7 Å². The summed E-state index contributed by atoms with van der Waals surface area (Å²) in [6.07, 6.45) is 0. The SMILES string of the molecule is COc1ccc(OC)c(-c2nc(CCl)no2)c1. The fourth-order valence-electron chi connectivity index (χ4n) is 1.40. The maximum Gasteiger partial charge on any atom is 0.261 e. The van der Waals surface area contributed by atoms with Crippen molar-refractivity contribution in [2.24, 2.45) is 0 Å². The third-order valence-electron chi connectivity index (χ3n) is 2.22. The molecule has 5 nitrogen and oxygen atoms in total. The number of nitrogens with zero attached hydrogens (tertiary/aromatic N) is 2. The number of aromatic nitrogens is 2. The summed E-state index contributed by atoms with van der Waals surface area (Å²) in [7, 11) is 3.16. The van der Waals surface area contributed by atoms with E-state index in [0.29, 0.717) is 28.8 Å². The second-order valence-corrected chi connectivity index (χ2v) is 3.48. The summed E-state index contributed by atoms with van der Waals surface area (Å²) in [5.74, 6) is 2.32. The summed E-state index contributed by atoms with van der Waals surface area (Å²) in [6.45, 7) is 0. The van der Waals surface area contributed by atoms with Crippen LogP contribution in [0.1, 0.15) is 5.82 Å². The molecule has 0 atom stereocenters. The van der Waals surface area contributed by atoms with Crippen molar-refractivity contribution in [3.8, 4) is 23.0 Å². The minimum absolute atomic E-state index is 0.204. The van der Waals surface area contributed by atoms with Crippen molar-refractivity contribution < 1.29 is 14.0 Å². The van der Waals surface area contributed by atoms with Crippen molar-refractivity contribution in [2.45, 2.75) is 5.88 Å². The summed E-state index contributed by atoms with van der Waals surface area (Å²) in [6, 6.07) is 5.34. The van der Waals surface area contributed by atoms with Gasteiger partial charge in [0.25, 0.3) is 5.89 Å². The number of alkyl halides is 1. The van der Waals surface area contributed by atoms with E-state index >= 15 is 0 Å². The molecule has 0 unspecified atom stereocenters. The highest BCUT2D eigenvalue weighted by Crippen LogP contribution is 2.32. The second-order valence-electron chi connectivity index (χ2n) is 3.22. The summed E-state index contributed by atoms with van der Waals surface area (Å²) >= 11 is 5.62. The molecule has 6 heteroatoms. The third kappa shape index (κ3) is 2.34. The summed E-state index contributed by atoms with van der Waals surface area (Å²) in [4.78, 5) is 4.14. The number of ether oxygens (including phenoxy) is 2. The van der Waals surface area contributed by atoms with Gasteiger partial charge < -0.3 is 14.0 Å². The van der Waals surface area contributed by atoms with Gasteiger partial charge in [-0.25, -0.2) is 0 Å². The molecule has 0 amide bonds. The molecule has 0 N–H and O–H groups in total. The predicted molar refractivity (Wildman–Crippen MR) is 62.4 cm³/mol. The van der Waals surface area contributed by atoms with Crippen molar-refractivity contribution in [3.05, 3.63) is 24.0 Å². The Kier molecular flexibility index (Phi) is 3.49. The molecule has 0 spiro atoms. The van der Waals surface area contributed by atoms with Crippen molar-refractivity contribution >= 4 is 11.6 Å². The van der Waals surface area contributed by atoms with Crippen molar-refractivity contribution in [1.82, 2.24) is 10.1 Å². The van der Waals surface area contributed by atoms with Crippen LogP contribution < -0.4 is 9.47 Å². The van der Waals surface area contributed by atoms with Gasteiger partial charge in [0.2, 0.25) is 0 Å². The molecule has 0 saturated carbocycles. The lowest BCUT2D eigenvalue weighted by Crippen LogP contribution is -1.90. The Hall–Kier alpha value is -1.75. The molecule has 0 aliphatic rings. The maximum absolute atomic E-state index is 5.62. The third-order valence-corrected chi connectivity index (χ3v) is 2.46. The highest BCUT2D eigenvalue weighted by atomic mass is 35.5. The highest BCUT2D eigenvalue weighted by Gasteiger charge is 2.14. The van der Waals surface area contributed by atoms with Gasteiger partial charge in [0.1, 0.15) is 11.5 Å². The summed E-state index contributed by atoms with van der Waals surface area (Å²) < 4.78 is 15.5. The van der Waals surface area contributed by atoms with Crippen molar-refractivity contribution in [3.63, 3.8) is 0 Å². The molecule has 0 aliphatic carbocycles. The van der Waals surface area contributed by atoms with E-state index in [-0.39, 0.29) is 5.88 Å². The van der Waals surface area contributed by atoms with Crippen LogP contribution in [0.25, 0.3) is 11.5 Å². The molecule has 2 rings (SSSR count). The van der Waals surface area contributed by atoms with Gasteiger partial charge in [0, 0.05) is 0 Å². The molecule has 0 aliphatic heterocycles. The first-order valence-electron chi connectivity index (χ1n) is 4.89. The molecule has 2 aromatic rings. The van der Waals surface area contributed by atoms with Crippen LogP contribution in [0.5, 0.6) is 11.5 Å². The van der Waals surface area contributed by atoms with Crippen LogP contribution in [0.4, 0.5) is 0 Å². The number of rotatable bonds is 4. The topological polar surface area (TPSA) is 57.4 Å². The Morgan fingerprint density at radius 2 is 2.12 bits per heavy atom. The van der Waals surface area contributed by atoms with E-state index in [1.54, 1.807) is 32.4 Å². The first kappa shape index (κ1) is 11.7. The zero-order chi connectivity index (χ0) is 12.3.